The lowest BCUT2D eigenvalue weighted by Crippen LogP contribution is -2.33. The summed E-state index contributed by atoms with van der Waals surface area (Å²) in [5.74, 6) is -0.180. The average molecular weight is 553 g/mol. The van der Waals surface area contributed by atoms with Gasteiger partial charge in [0, 0.05) is 25.7 Å². The van der Waals surface area contributed by atoms with Crippen LogP contribution in [0.15, 0.2) is 41.3 Å². The molecule has 1 aromatic heterocycles. The molecule has 0 radical (unpaired) electrons. The highest BCUT2D eigenvalue weighted by molar-refractivity contribution is 7.89. The fourth-order valence-electron chi connectivity index (χ4n) is 3.91. The van der Waals surface area contributed by atoms with E-state index in [1.54, 1.807) is 24.1 Å². The Labute approximate surface area is 225 Å². The molecule has 3 aromatic rings. The molecule has 0 aliphatic rings. The minimum Gasteiger partial charge on any atom is -0.309 e. The Kier molecular flexibility index (Phi) is 10.9. The van der Waals surface area contributed by atoms with E-state index in [-0.39, 0.29) is 23.2 Å². The van der Waals surface area contributed by atoms with Gasteiger partial charge in [-0.3, -0.25) is 9.69 Å². The number of aromatic nitrogens is 1. The Morgan fingerprint density at radius 1 is 0.972 bits per heavy atom. The minimum absolute atomic E-state index is 0. The van der Waals surface area contributed by atoms with Crippen molar-refractivity contribution < 1.29 is 13.2 Å². The zero-order valence-electron chi connectivity index (χ0n) is 21.9. The fourth-order valence-corrected chi connectivity index (χ4v) is 6.29. The van der Waals surface area contributed by atoms with Crippen LogP contribution in [0.1, 0.15) is 47.7 Å². The highest BCUT2D eigenvalue weighted by Crippen LogP contribution is 2.32. The lowest BCUT2D eigenvalue weighted by atomic mass is 10.1. The third kappa shape index (κ3) is 7.04. The molecular formula is C26H37ClN4O3S2. The van der Waals surface area contributed by atoms with Gasteiger partial charge in [0.2, 0.25) is 10.0 Å². The molecule has 0 N–H and O–H groups in total. The lowest BCUT2D eigenvalue weighted by molar-refractivity contribution is 0.0986. The van der Waals surface area contributed by atoms with Crippen molar-refractivity contribution in [2.75, 3.05) is 45.7 Å². The van der Waals surface area contributed by atoms with E-state index in [0.717, 1.165) is 47.2 Å². The first kappa shape index (κ1) is 30.2. The van der Waals surface area contributed by atoms with E-state index in [2.05, 4.69) is 24.0 Å². The second-order valence-corrected chi connectivity index (χ2v) is 12.3. The number of carbonyl (C=O) groups excluding carboxylic acids is 1. The summed E-state index contributed by atoms with van der Waals surface area (Å²) >= 11 is 1.51. The van der Waals surface area contributed by atoms with E-state index in [0.29, 0.717) is 23.8 Å². The molecule has 0 spiro atoms. The molecular weight excluding hydrogens is 516 g/mol. The minimum atomic E-state index is -3.58. The van der Waals surface area contributed by atoms with E-state index in [1.165, 1.54) is 27.8 Å². The standard InChI is InChI=1S/C26H36N4O3S2.ClH/c1-7-8-15-29(6)35(32,33)22-12-10-21(11-13-22)25(31)30(16-9-14-28(4)5)26-27-24-20(3)17-19(2)18-23(24)34-26;/h10-13,17-18H,7-9,14-16H2,1-6H3;1H. The quantitative estimate of drug-likeness (QED) is 0.320. The number of halogens is 1. The van der Waals surface area contributed by atoms with Gasteiger partial charge in [0.15, 0.2) is 5.13 Å². The first-order valence-corrected chi connectivity index (χ1v) is 14.2. The van der Waals surface area contributed by atoms with Gasteiger partial charge in [-0.25, -0.2) is 17.7 Å². The summed E-state index contributed by atoms with van der Waals surface area (Å²) < 4.78 is 28.1. The molecule has 0 atom stereocenters. The molecule has 198 valence electrons. The van der Waals surface area contributed by atoms with E-state index >= 15 is 0 Å². The number of thiazole rings is 1. The molecule has 0 unspecified atom stereocenters. The summed E-state index contributed by atoms with van der Waals surface area (Å²) in [7, 11) is 2.02. The highest BCUT2D eigenvalue weighted by atomic mass is 35.5. The molecule has 1 amide bonds. The van der Waals surface area contributed by atoms with Crippen LogP contribution >= 0.6 is 23.7 Å². The normalized spacial score (nSPS) is 11.8. The molecule has 36 heavy (non-hydrogen) atoms. The van der Waals surface area contributed by atoms with Gasteiger partial charge < -0.3 is 4.90 Å². The largest absolute Gasteiger partial charge is 0.309 e. The SMILES string of the molecule is CCCCN(C)S(=O)(=O)c1ccc(C(=O)N(CCCN(C)C)c2nc3c(C)cc(C)cc3s2)cc1.Cl. The number of unbranched alkanes of at least 4 members (excludes halogenated alkanes) is 1. The summed E-state index contributed by atoms with van der Waals surface area (Å²) in [5.41, 5.74) is 3.61. The van der Waals surface area contributed by atoms with Crippen LogP contribution < -0.4 is 4.90 Å². The van der Waals surface area contributed by atoms with Gasteiger partial charge >= 0.3 is 0 Å². The van der Waals surface area contributed by atoms with Crippen molar-refractivity contribution in [1.82, 2.24) is 14.2 Å². The number of rotatable bonds is 11. The average Bonchev–Trinajstić information content (AvgIpc) is 3.23. The second-order valence-electron chi connectivity index (χ2n) is 9.24. The summed E-state index contributed by atoms with van der Waals surface area (Å²) in [6.07, 6.45) is 2.51. The van der Waals surface area contributed by atoms with Crippen LogP contribution in [0.5, 0.6) is 0 Å². The lowest BCUT2D eigenvalue weighted by Gasteiger charge is -2.21. The van der Waals surface area contributed by atoms with Crippen molar-refractivity contribution in [1.29, 1.82) is 0 Å². The molecule has 0 aliphatic carbocycles. The third-order valence-electron chi connectivity index (χ3n) is 5.92. The molecule has 7 nitrogen and oxygen atoms in total. The predicted molar refractivity (Wildman–Crippen MR) is 152 cm³/mol. The zero-order valence-corrected chi connectivity index (χ0v) is 24.4. The summed E-state index contributed by atoms with van der Waals surface area (Å²) in [6, 6.07) is 10.4. The number of benzene rings is 2. The van der Waals surface area contributed by atoms with Crippen LogP contribution in [0.3, 0.4) is 0 Å². The number of hydrogen-bond donors (Lipinski definition) is 0. The maximum absolute atomic E-state index is 13.6. The van der Waals surface area contributed by atoms with Crippen LogP contribution in [0, 0.1) is 13.8 Å². The molecule has 1 heterocycles. The Balaban J connectivity index is 0.00000456. The van der Waals surface area contributed by atoms with Crippen LogP contribution in [0.2, 0.25) is 0 Å². The summed E-state index contributed by atoms with van der Waals surface area (Å²) in [6.45, 7) is 7.95. The molecule has 10 heteroatoms. The fraction of sp³-hybridized carbons (Fsp3) is 0.462. The second kappa shape index (κ2) is 13.0. The molecule has 0 saturated carbocycles. The van der Waals surface area contributed by atoms with Crippen molar-refractivity contribution in [2.45, 2.75) is 44.9 Å². The third-order valence-corrected chi connectivity index (χ3v) is 8.81. The first-order valence-electron chi connectivity index (χ1n) is 12.0. The highest BCUT2D eigenvalue weighted by Gasteiger charge is 2.24. The number of nitrogens with zero attached hydrogens (tertiary/aromatic N) is 4. The Bertz CT molecular complexity index is 1270. The molecule has 0 saturated heterocycles. The monoisotopic (exact) mass is 552 g/mol. The van der Waals surface area contributed by atoms with E-state index in [4.69, 9.17) is 4.98 Å². The molecule has 0 aliphatic heterocycles. The van der Waals surface area contributed by atoms with Gasteiger partial charge in [-0.05, 0) is 88.8 Å². The Morgan fingerprint density at radius 3 is 2.25 bits per heavy atom. The van der Waals surface area contributed by atoms with Crippen molar-refractivity contribution in [2.24, 2.45) is 0 Å². The summed E-state index contributed by atoms with van der Waals surface area (Å²) in [4.78, 5) is 22.4. The zero-order chi connectivity index (χ0) is 25.8. The molecule has 0 fully saturated rings. The van der Waals surface area contributed by atoms with Gasteiger partial charge in [-0.1, -0.05) is 30.7 Å². The number of carbonyl (C=O) groups is 1. The topological polar surface area (TPSA) is 73.8 Å². The van der Waals surface area contributed by atoms with Crippen molar-refractivity contribution >= 4 is 55.0 Å². The van der Waals surface area contributed by atoms with Crippen LogP contribution in [-0.4, -0.2) is 69.3 Å². The smallest absolute Gasteiger partial charge is 0.260 e. The number of aryl methyl sites for hydroxylation is 2. The number of hydrogen-bond acceptors (Lipinski definition) is 6. The van der Waals surface area contributed by atoms with Crippen LogP contribution in [-0.2, 0) is 10.0 Å². The van der Waals surface area contributed by atoms with Crippen LogP contribution in [0.25, 0.3) is 10.2 Å². The number of sulfonamides is 1. The van der Waals surface area contributed by atoms with E-state index < -0.39 is 10.0 Å². The van der Waals surface area contributed by atoms with Crippen molar-refractivity contribution in [3.05, 3.63) is 53.1 Å². The van der Waals surface area contributed by atoms with Crippen molar-refractivity contribution in [3.8, 4) is 0 Å². The van der Waals surface area contributed by atoms with Gasteiger partial charge in [-0.15, -0.1) is 12.4 Å². The molecule has 2 aromatic carbocycles. The van der Waals surface area contributed by atoms with Gasteiger partial charge in [0.25, 0.3) is 5.91 Å². The Hall–Kier alpha value is -2.04. The number of anilines is 1. The van der Waals surface area contributed by atoms with E-state index in [1.807, 2.05) is 27.9 Å². The Morgan fingerprint density at radius 2 is 1.64 bits per heavy atom. The predicted octanol–water partition coefficient (Wildman–Crippen LogP) is 5.35. The number of fused-ring (bicyclic) bond motifs is 1. The van der Waals surface area contributed by atoms with Gasteiger partial charge in [0.05, 0.1) is 15.1 Å². The van der Waals surface area contributed by atoms with Crippen molar-refractivity contribution in [3.63, 3.8) is 0 Å². The maximum atomic E-state index is 13.6. The maximum Gasteiger partial charge on any atom is 0.260 e. The molecule has 3 rings (SSSR count). The van der Waals surface area contributed by atoms with Gasteiger partial charge in [-0.2, -0.15) is 0 Å². The van der Waals surface area contributed by atoms with Crippen LogP contribution in [0.4, 0.5) is 5.13 Å². The molecule has 0 bridgehead atoms. The first-order chi connectivity index (χ1) is 16.5. The number of amides is 1. The van der Waals surface area contributed by atoms with E-state index in [9.17, 15) is 13.2 Å². The van der Waals surface area contributed by atoms with Gasteiger partial charge in [0.1, 0.15) is 0 Å². The summed E-state index contributed by atoms with van der Waals surface area (Å²) in [5, 5.41) is 0.661.